The standard InChI is InChI=1S/C17H11Br2O2.ClHO4/c1-8-3-4-14-15(17-11(8)5-9(2)20-17)12-6-10(18)7-13(19)16(12)21-14;2-1(3,4)5/h3-7H,1-2H3;(H,2,3,4,5)/q+1;/p-1. The largest absolute Gasteiger partial charge is 0.454 e. The summed E-state index contributed by atoms with van der Waals surface area (Å²) in [6.45, 7) is 4.06. The molecule has 0 saturated carbocycles. The molecular weight excluding hydrogens is 495 g/mol. The summed E-state index contributed by atoms with van der Waals surface area (Å²) < 4.78 is 47.9. The lowest BCUT2D eigenvalue weighted by atomic mass is 10.1. The molecule has 0 fully saturated rings. The van der Waals surface area contributed by atoms with E-state index >= 15 is 0 Å². The minimum absolute atomic E-state index is 0.830. The first kappa shape index (κ1) is 19.5. The maximum atomic E-state index is 8.49. The zero-order valence-corrected chi connectivity index (χ0v) is 17.4. The fourth-order valence-corrected chi connectivity index (χ4v) is 4.08. The molecule has 0 amide bonds. The maximum absolute atomic E-state index is 8.49. The van der Waals surface area contributed by atoms with E-state index in [0.29, 0.717) is 0 Å². The predicted molar refractivity (Wildman–Crippen MR) is 91.9 cm³/mol. The number of hydrogen-bond acceptors (Lipinski definition) is 5. The summed E-state index contributed by atoms with van der Waals surface area (Å²) in [5, 5.41) is 2.06. The summed E-state index contributed by atoms with van der Waals surface area (Å²) in [5.41, 5.74) is 3.97. The highest BCUT2D eigenvalue weighted by molar-refractivity contribution is 9.11. The first-order valence-corrected chi connectivity index (χ1v) is 10.0. The maximum Gasteiger partial charge on any atom is 0.372 e. The lowest BCUT2D eigenvalue weighted by Gasteiger charge is -2.17. The molecular formula is C17H11Br2ClO6. The van der Waals surface area contributed by atoms with Gasteiger partial charge in [0.05, 0.1) is 23.0 Å². The highest BCUT2D eigenvalue weighted by atomic mass is 79.9. The van der Waals surface area contributed by atoms with Crippen molar-refractivity contribution in [3.63, 3.8) is 0 Å². The van der Waals surface area contributed by atoms with Crippen LogP contribution in [0.1, 0.15) is 11.3 Å². The Morgan fingerprint density at radius 3 is 2.31 bits per heavy atom. The number of halogens is 3. The van der Waals surface area contributed by atoms with E-state index in [4.69, 9.17) is 27.5 Å². The molecule has 2 aromatic rings. The molecule has 0 radical (unpaired) electrons. The third-order valence-corrected chi connectivity index (χ3v) is 4.77. The Balaban J connectivity index is 0.000000349. The van der Waals surface area contributed by atoms with E-state index in [1.807, 2.05) is 19.1 Å². The highest BCUT2D eigenvalue weighted by Gasteiger charge is 2.28. The Hall–Kier alpha value is -1.26. The molecule has 1 aliphatic carbocycles. The Bertz CT molecular complexity index is 1080. The molecule has 0 N–H and O–H groups in total. The molecule has 0 unspecified atom stereocenters. The van der Waals surface area contributed by atoms with E-state index in [9.17, 15) is 0 Å². The normalized spacial score (nSPS) is 11.8. The Labute approximate surface area is 167 Å². The topological polar surface area (TPSA) is 117 Å². The van der Waals surface area contributed by atoms with Crippen molar-refractivity contribution in [2.75, 3.05) is 0 Å². The van der Waals surface area contributed by atoms with Gasteiger partial charge in [0.25, 0.3) is 0 Å². The van der Waals surface area contributed by atoms with Crippen LogP contribution < -0.4 is 18.6 Å². The summed E-state index contributed by atoms with van der Waals surface area (Å²) in [7, 11) is -4.94. The van der Waals surface area contributed by atoms with Gasteiger partial charge in [0.2, 0.25) is 0 Å². The molecule has 0 saturated heterocycles. The van der Waals surface area contributed by atoms with Crippen molar-refractivity contribution in [3.05, 3.63) is 50.6 Å². The number of hydrogen-bond donors (Lipinski definition) is 0. The molecule has 0 atom stereocenters. The highest BCUT2D eigenvalue weighted by Crippen LogP contribution is 2.42. The van der Waals surface area contributed by atoms with E-state index in [1.54, 1.807) is 0 Å². The minimum atomic E-state index is -4.94. The van der Waals surface area contributed by atoms with Gasteiger partial charge in [-0.1, -0.05) is 22.0 Å². The minimum Gasteiger partial charge on any atom is -0.454 e. The van der Waals surface area contributed by atoms with Crippen molar-refractivity contribution in [2.45, 2.75) is 13.8 Å². The van der Waals surface area contributed by atoms with Gasteiger partial charge in [0.15, 0.2) is 0 Å². The fraction of sp³-hybridized carbons (Fsp3) is 0.118. The molecule has 0 spiro atoms. The van der Waals surface area contributed by atoms with Crippen LogP contribution in [0, 0.1) is 24.1 Å². The number of aryl methyl sites for hydroxylation is 2. The van der Waals surface area contributed by atoms with Gasteiger partial charge in [-0.3, -0.25) is 0 Å². The van der Waals surface area contributed by atoms with Crippen molar-refractivity contribution in [2.24, 2.45) is 0 Å². The van der Waals surface area contributed by atoms with Gasteiger partial charge in [0, 0.05) is 9.86 Å². The Morgan fingerprint density at radius 1 is 1.00 bits per heavy atom. The van der Waals surface area contributed by atoms with Gasteiger partial charge in [-0.05, 0) is 46.6 Å². The first-order valence-electron chi connectivity index (χ1n) is 7.20. The molecule has 1 aromatic heterocycles. The summed E-state index contributed by atoms with van der Waals surface area (Å²) >= 11 is 7.11. The van der Waals surface area contributed by atoms with Crippen molar-refractivity contribution < 1.29 is 37.7 Å². The molecule has 136 valence electrons. The van der Waals surface area contributed by atoms with E-state index < -0.39 is 10.2 Å². The van der Waals surface area contributed by atoms with Gasteiger partial charge in [-0.15, -0.1) is 10.2 Å². The van der Waals surface area contributed by atoms with Gasteiger partial charge in [0.1, 0.15) is 16.6 Å². The van der Waals surface area contributed by atoms with Gasteiger partial charge < -0.3 is 4.42 Å². The SMILES string of the molecule is Cc1cc2c(C)ccc3oc4c(Br)cc(Br)cc4c3c-2[o+]1.[O-][Cl+3]([O-])([O-])[O-]. The van der Waals surface area contributed by atoms with E-state index in [2.05, 4.69) is 57.0 Å². The van der Waals surface area contributed by atoms with Crippen molar-refractivity contribution in [1.82, 2.24) is 0 Å². The van der Waals surface area contributed by atoms with Crippen LogP contribution in [0.15, 0.2) is 48.1 Å². The van der Waals surface area contributed by atoms with E-state index in [1.165, 1.54) is 5.56 Å². The van der Waals surface area contributed by atoms with Crippen molar-refractivity contribution in [3.8, 4) is 11.3 Å². The Kier molecular flexibility index (Phi) is 5.28. The Morgan fingerprint density at radius 2 is 1.65 bits per heavy atom. The molecule has 9 heteroatoms. The summed E-state index contributed by atoms with van der Waals surface area (Å²) in [4.78, 5) is 0. The second kappa shape index (κ2) is 7.05. The van der Waals surface area contributed by atoms with Crippen LogP contribution in [0.2, 0.25) is 0 Å². The molecule has 26 heavy (non-hydrogen) atoms. The quantitative estimate of drug-likeness (QED) is 0.337. The zero-order chi connectivity index (χ0) is 19.2. The van der Waals surface area contributed by atoms with Crippen LogP contribution in [0.5, 0.6) is 0 Å². The third kappa shape index (κ3) is 4.01. The lowest BCUT2D eigenvalue weighted by molar-refractivity contribution is -2.00. The molecule has 1 aliphatic heterocycles. The summed E-state index contributed by atoms with van der Waals surface area (Å²) in [6, 6.07) is 10.2. The average Bonchev–Trinajstić information content (AvgIpc) is 3.00. The van der Waals surface area contributed by atoms with Gasteiger partial charge in [-0.2, -0.15) is 0 Å². The lowest BCUT2D eigenvalue weighted by Crippen LogP contribution is -2.68. The number of rotatable bonds is 0. The molecule has 0 bridgehead atoms. The zero-order valence-electron chi connectivity index (χ0n) is 13.5. The van der Waals surface area contributed by atoms with Crippen molar-refractivity contribution in [1.29, 1.82) is 0 Å². The molecule has 2 heterocycles. The second-order valence-corrected chi connectivity index (χ2v) is 8.13. The summed E-state index contributed by atoms with van der Waals surface area (Å²) in [6.07, 6.45) is 0. The average molecular weight is 507 g/mol. The molecule has 1 aromatic carbocycles. The number of fused-ring (bicyclic) bond motifs is 5. The number of benzene rings is 1. The van der Waals surface area contributed by atoms with E-state index in [-0.39, 0.29) is 0 Å². The molecule has 2 aliphatic rings. The van der Waals surface area contributed by atoms with Gasteiger partial charge in [-0.25, -0.2) is 23.1 Å². The van der Waals surface area contributed by atoms with Crippen LogP contribution in [0.3, 0.4) is 0 Å². The predicted octanol–water partition coefficient (Wildman–Crippen LogP) is 1.95. The first-order chi connectivity index (χ1) is 12.0. The third-order valence-electron chi connectivity index (χ3n) is 3.73. The summed E-state index contributed by atoms with van der Waals surface area (Å²) in [5.74, 6) is 1.79. The van der Waals surface area contributed by atoms with Crippen LogP contribution in [-0.2, 0) is 0 Å². The monoisotopic (exact) mass is 504 g/mol. The van der Waals surface area contributed by atoms with Gasteiger partial charge >= 0.3 is 11.5 Å². The van der Waals surface area contributed by atoms with Crippen LogP contribution in [0.4, 0.5) is 0 Å². The van der Waals surface area contributed by atoms with E-state index in [0.717, 1.165) is 48.0 Å². The van der Waals surface area contributed by atoms with Crippen molar-refractivity contribution >= 4 is 53.8 Å². The van der Waals surface area contributed by atoms with Crippen LogP contribution in [0.25, 0.3) is 33.3 Å². The smallest absolute Gasteiger partial charge is 0.372 e. The fourth-order valence-electron chi connectivity index (χ4n) is 2.78. The second-order valence-electron chi connectivity index (χ2n) is 5.60. The van der Waals surface area contributed by atoms with Crippen LogP contribution in [-0.4, -0.2) is 0 Å². The number of furan rings is 2. The van der Waals surface area contributed by atoms with Crippen LogP contribution >= 0.6 is 31.9 Å². The molecule has 4 rings (SSSR count). The molecule has 6 nitrogen and oxygen atoms in total.